The van der Waals surface area contributed by atoms with Crippen LogP contribution in [0.15, 0.2) is 35.3 Å². The van der Waals surface area contributed by atoms with Gasteiger partial charge in [0, 0.05) is 43.0 Å². The number of ether oxygens (including phenoxy) is 1. The molecule has 3 aromatic heterocycles. The second kappa shape index (κ2) is 8.45. The predicted molar refractivity (Wildman–Crippen MR) is 123 cm³/mol. The molecule has 0 atom stereocenters. The van der Waals surface area contributed by atoms with Crippen molar-refractivity contribution in [3.63, 3.8) is 0 Å². The molecule has 8 nitrogen and oxygen atoms in total. The summed E-state index contributed by atoms with van der Waals surface area (Å²) in [5, 5.41) is 1.06. The van der Waals surface area contributed by atoms with E-state index in [4.69, 9.17) is 10.5 Å². The van der Waals surface area contributed by atoms with Gasteiger partial charge in [-0.15, -0.1) is 0 Å². The summed E-state index contributed by atoms with van der Waals surface area (Å²) in [7, 11) is 0. The van der Waals surface area contributed by atoms with Crippen LogP contribution in [0.2, 0.25) is 0 Å². The molecule has 1 fully saturated rings. The quantitative estimate of drug-likeness (QED) is 0.547. The number of aromatic nitrogens is 4. The maximum atomic E-state index is 12.3. The molecular formula is C22H27BrN6O2. The summed E-state index contributed by atoms with van der Waals surface area (Å²) in [4.78, 5) is 27.0. The number of amides is 1. The number of piperidine rings is 1. The monoisotopic (exact) mass is 486 g/mol. The molecule has 9 heteroatoms. The maximum Gasteiger partial charge on any atom is 0.410 e. The fourth-order valence-electron chi connectivity index (χ4n) is 3.94. The Morgan fingerprint density at radius 1 is 1.29 bits per heavy atom. The summed E-state index contributed by atoms with van der Waals surface area (Å²) in [6.07, 6.45) is 7.29. The molecule has 31 heavy (non-hydrogen) atoms. The molecule has 0 aliphatic carbocycles. The Balaban J connectivity index is 1.53. The van der Waals surface area contributed by atoms with Crippen molar-refractivity contribution in [2.45, 2.75) is 45.8 Å². The molecule has 0 saturated carbocycles. The summed E-state index contributed by atoms with van der Waals surface area (Å²) >= 11 is 3.48. The molecule has 3 aromatic rings. The molecule has 2 N–H and O–H groups in total. The van der Waals surface area contributed by atoms with Crippen LogP contribution in [0.3, 0.4) is 0 Å². The number of carbonyl (C=O) groups is 1. The molecule has 0 bridgehead atoms. The Bertz CT molecular complexity index is 1100. The molecule has 0 radical (unpaired) electrons. The summed E-state index contributed by atoms with van der Waals surface area (Å²) < 4.78 is 8.51. The van der Waals surface area contributed by atoms with Crippen LogP contribution in [0.5, 0.6) is 0 Å². The van der Waals surface area contributed by atoms with Crippen molar-refractivity contribution in [2.75, 3.05) is 18.8 Å². The zero-order chi connectivity index (χ0) is 22.2. The minimum atomic E-state index is -0.472. The fraction of sp³-hybridized carbons (Fsp3) is 0.455. The van der Waals surface area contributed by atoms with Gasteiger partial charge in [-0.05, 0) is 67.6 Å². The number of hydrogen-bond donors (Lipinski definition) is 1. The number of likely N-dealkylation sites (tertiary alicyclic amines) is 1. The normalized spacial score (nSPS) is 15.4. The van der Waals surface area contributed by atoms with Crippen LogP contribution in [-0.2, 0) is 11.3 Å². The molecule has 4 heterocycles. The van der Waals surface area contributed by atoms with Gasteiger partial charge >= 0.3 is 6.09 Å². The maximum absolute atomic E-state index is 12.3. The SMILES string of the molecule is CC(C)(C)OC(=O)N1CCC(Cn2cc(-c3ccnc(N)n3)c3cc(Br)ncc32)CC1. The average Bonchev–Trinajstić information content (AvgIpc) is 3.04. The largest absolute Gasteiger partial charge is 0.444 e. The van der Waals surface area contributed by atoms with E-state index in [0.717, 1.165) is 46.1 Å². The highest BCUT2D eigenvalue weighted by Gasteiger charge is 2.27. The molecule has 1 amide bonds. The second-order valence-corrected chi connectivity index (χ2v) is 9.74. The molecular weight excluding hydrogens is 460 g/mol. The van der Waals surface area contributed by atoms with E-state index in [-0.39, 0.29) is 12.0 Å². The van der Waals surface area contributed by atoms with Gasteiger partial charge in [0.1, 0.15) is 10.2 Å². The Labute approximate surface area is 189 Å². The number of hydrogen-bond acceptors (Lipinski definition) is 6. The zero-order valence-corrected chi connectivity index (χ0v) is 19.6. The number of anilines is 1. The highest BCUT2D eigenvalue weighted by atomic mass is 79.9. The number of pyridine rings is 1. The van der Waals surface area contributed by atoms with Crippen molar-refractivity contribution in [3.8, 4) is 11.3 Å². The second-order valence-electron chi connectivity index (χ2n) is 8.93. The highest BCUT2D eigenvalue weighted by Crippen LogP contribution is 2.32. The van der Waals surface area contributed by atoms with Crippen molar-refractivity contribution >= 4 is 38.9 Å². The lowest BCUT2D eigenvalue weighted by Crippen LogP contribution is -2.42. The van der Waals surface area contributed by atoms with E-state index in [0.29, 0.717) is 19.0 Å². The molecule has 164 valence electrons. The molecule has 0 spiro atoms. The van der Waals surface area contributed by atoms with Crippen LogP contribution in [0.1, 0.15) is 33.6 Å². The van der Waals surface area contributed by atoms with Crippen molar-refractivity contribution in [1.82, 2.24) is 24.4 Å². The van der Waals surface area contributed by atoms with E-state index in [9.17, 15) is 4.79 Å². The van der Waals surface area contributed by atoms with E-state index in [1.54, 1.807) is 6.20 Å². The van der Waals surface area contributed by atoms with Gasteiger partial charge in [-0.25, -0.2) is 19.7 Å². The van der Waals surface area contributed by atoms with Gasteiger partial charge in [-0.1, -0.05) is 0 Å². The van der Waals surface area contributed by atoms with Gasteiger partial charge < -0.3 is 19.9 Å². The molecule has 0 aromatic carbocycles. The van der Waals surface area contributed by atoms with Crippen LogP contribution in [0, 0.1) is 5.92 Å². The first kappa shape index (κ1) is 21.5. The van der Waals surface area contributed by atoms with E-state index < -0.39 is 5.60 Å². The van der Waals surface area contributed by atoms with Gasteiger partial charge in [-0.3, -0.25) is 0 Å². The first-order valence-corrected chi connectivity index (χ1v) is 11.2. The van der Waals surface area contributed by atoms with Crippen LogP contribution < -0.4 is 5.73 Å². The third-order valence-electron chi connectivity index (χ3n) is 5.41. The lowest BCUT2D eigenvalue weighted by Gasteiger charge is -2.33. The minimum Gasteiger partial charge on any atom is -0.444 e. The number of nitrogen functional groups attached to an aromatic ring is 1. The summed E-state index contributed by atoms with van der Waals surface area (Å²) in [6.45, 7) is 7.94. The van der Waals surface area contributed by atoms with Crippen molar-refractivity contribution in [1.29, 1.82) is 0 Å². The number of carbonyl (C=O) groups excluding carboxylic acids is 1. The van der Waals surface area contributed by atoms with Crippen LogP contribution in [-0.4, -0.2) is 49.2 Å². The van der Waals surface area contributed by atoms with Crippen molar-refractivity contribution in [2.24, 2.45) is 5.92 Å². The third kappa shape index (κ3) is 4.98. The Morgan fingerprint density at radius 2 is 2.03 bits per heavy atom. The zero-order valence-electron chi connectivity index (χ0n) is 18.0. The number of fused-ring (bicyclic) bond motifs is 1. The number of rotatable bonds is 3. The van der Waals surface area contributed by atoms with E-state index >= 15 is 0 Å². The highest BCUT2D eigenvalue weighted by molar-refractivity contribution is 9.10. The molecule has 1 aliphatic rings. The van der Waals surface area contributed by atoms with E-state index in [1.807, 2.05) is 44.0 Å². The average molecular weight is 487 g/mol. The smallest absolute Gasteiger partial charge is 0.410 e. The standard InChI is InChI=1S/C22H27BrN6O2/c1-22(2,3)31-21(30)28-8-5-14(6-9-28)12-29-13-16(17-4-7-25-20(24)27-17)15-10-19(23)26-11-18(15)29/h4,7,10-11,13-14H,5-6,8-9,12H2,1-3H3,(H2,24,25,27). The summed E-state index contributed by atoms with van der Waals surface area (Å²) in [5.74, 6) is 0.710. The van der Waals surface area contributed by atoms with Gasteiger partial charge in [0.05, 0.1) is 17.4 Å². The number of nitrogens with zero attached hydrogens (tertiary/aromatic N) is 5. The number of nitrogens with two attached hydrogens (primary N) is 1. The Morgan fingerprint density at radius 3 is 2.71 bits per heavy atom. The van der Waals surface area contributed by atoms with Crippen molar-refractivity contribution < 1.29 is 9.53 Å². The van der Waals surface area contributed by atoms with E-state index in [1.165, 1.54) is 0 Å². The van der Waals surface area contributed by atoms with Crippen molar-refractivity contribution in [3.05, 3.63) is 35.3 Å². The van der Waals surface area contributed by atoms with Crippen LogP contribution in [0.4, 0.5) is 10.7 Å². The van der Waals surface area contributed by atoms with Gasteiger partial charge in [0.15, 0.2) is 0 Å². The lowest BCUT2D eigenvalue weighted by atomic mass is 9.97. The summed E-state index contributed by atoms with van der Waals surface area (Å²) in [5.41, 5.74) is 8.17. The van der Waals surface area contributed by atoms with Gasteiger partial charge in [0.25, 0.3) is 0 Å². The van der Waals surface area contributed by atoms with Gasteiger partial charge in [0.2, 0.25) is 5.95 Å². The molecule has 0 unspecified atom stereocenters. The Kier molecular flexibility index (Phi) is 5.88. The lowest BCUT2D eigenvalue weighted by molar-refractivity contribution is 0.0178. The third-order valence-corrected chi connectivity index (χ3v) is 5.84. The molecule has 1 saturated heterocycles. The predicted octanol–water partition coefficient (Wildman–Crippen LogP) is 4.49. The fourth-order valence-corrected chi connectivity index (χ4v) is 4.28. The van der Waals surface area contributed by atoms with Crippen LogP contribution in [0.25, 0.3) is 22.2 Å². The minimum absolute atomic E-state index is 0.227. The Hall–Kier alpha value is -2.68. The first-order valence-electron chi connectivity index (χ1n) is 10.4. The van der Waals surface area contributed by atoms with Crippen LogP contribution >= 0.6 is 15.9 Å². The van der Waals surface area contributed by atoms with E-state index in [2.05, 4.69) is 41.6 Å². The molecule has 1 aliphatic heterocycles. The van der Waals surface area contributed by atoms with Gasteiger partial charge in [-0.2, -0.15) is 0 Å². The topological polar surface area (TPSA) is 99.2 Å². The first-order chi connectivity index (χ1) is 14.7. The number of halogens is 1. The molecule has 4 rings (SSSR count). The summed E-state index contributed by atoms with van der Waals surface area (Å²) in [6, 6.07) is 3.87.